The van der Waals surface area contributed by atoms with Gasteiger partial charge in [-0.05, 0) is 24.6 Å². The zero-order valence-electron chi connectivity index (χ0n) is 20.2. The summed E-state index contributed by atoms with van der Waals surface area (Å²) in [4.78, 5) is 20.2. The maximum atomic E-state index is 14.4. The van der Waals surface area contributed by atoms with E-state index in [0.29, 0.717) is 59.4 Å². The van der Waals surface area contributed by atoms with Gasteiger partial charge in [0.2, 0.25) is 11.7 Å². The molecule has 3 heterocycles. The van der Waals surface area contributed by atoms with Gasteiger partial charge in [0, 0.05) is 63.7 Å². The third kappa shape index (κ3) is 5.08. The van der Waals surface area contributed by atoms with Crippen LogP contribution in [0.5, 0.6) is 28.7 Å². The van der Waals surface area contributed by atoms with E-state index < -0.39 is 5.82 Å². The minimum absolute atomic E-state index is 0.0478. The molecule has 2 aliphatic rings. The monoisotopic (exact) mass is 496 g/mol. The van der Waals surface area contributed by atoms with Crippen LogP contribution in [0, 0.1) is 5.82 Å². The number of nitrogens with zero attached hydrogens (tertiary/aromatic N) is 3. The minimum Gasteiger partial charge on any atom is -0.489 e. The van der Waals surface area contributed by atoms with Crippen LogP contribution in [-0.4, -0.2) is 73.2 Å². The Hall–Kier alpha value is -3.79. The molecule has 1 amide bonds. The molecule has 2 N–H and O–H groups in total. The second-order valence-electron chi connectivity index (χ2n) is 8.77. The number of halogens is 1. The van der Waals surface area contributed by atoms with E-state index >= 15 is 0 Å². The van der Waals surface area contributed by atoms with Gasteiger partial charge in [0.15, 0.2) is 23.1 Å². The molecule has 0 bridgehead atoms. The predicted molar refractivity (Wildman–Crippen MR) is 132 cm³/mol. The van der Waals surface area contributed by atoms with Gasteiger partial charge in [-0.25, -0.2) is 4.39 Å². The number of hydrogen-bond donors (Lipinski definition) is 1. The number of anilines is 1. The lowest BCUT2D eigenvalue weighted by molar-refractivity contribution is -0.130. The van der Waals surface area contributed by atoms with Crippen LogP contribution in [0.15, 0.2) is 36.5 Å². The van der Waals surface area contributed by atoms with Crippen molar-refractivity contribution in [2.75, 3.05) is 58.3 Å². The van der Waals surface area contributed by atoms with Crippen LogP contribution in [0.4, 0.5) is 10.1 Å². The highest BCUT2D eigenvalue weighted by molar-refractivity contribution is 5.95. The van der Waals surface area contributed by atoms with Crippen molar-refractivity contribution < 1.29 is 28.1 Å². The molecular weight excluding hydrogens is 467 g/mol. The number of piperazine rings is 1. The van der Waals surface area contributed by atoms with Crippen molar-refractivity contribution in [3.63, 3.8) is 0 Å². The second-order valence-corrected chi connectivity index (χ2v) is 8.77. The van der Waals surface area contributed by atoms with E-state index in [1.165, 1.54) is 12.1 Å². The summed E-state index contributed by atoms with van der Waals surface area (Å²) >= 11 is 0. The van der Waals surface area contributed by atoms with Crippen LogP contribution >= 0.6 is 0 Å². The number of nitrogen functional groups attached to an aromatic ring is 1. The molecule has 5 rings (SSSR count). The molecule has 2 aromatic carbocycles. The summed E-state index contributed by atoms with van der Waals surface area (Å²) in [6.45, 7) is 6.97. The maximum Gasteiger partial charge on any atom is 0.219 e. The Bertz CT molecular complexity index is 1260. The lowest BCUT2D eigenvalue weighted by Gasteiger charge is -2.34. The van der Waals surface area contributed by atoms with Crippen molar-refractivity contribution >= 4 is 22.5 Å². The van der Waals surface area contributed by atoms with Gasteiger partial charge in [-0.15, -0.1) is 0 Å². The summed E-state index contributed by atoms with van der Waals surface area (Å²) in [6.07, 6.45) is 2.41. The predicted octanol–water partition coefficient (Wildman–Crippen LogP) is 3.45. The van der Waals surface area contributed by atoms with Crippen LogP contribution < -0.4 is 24.7 Å². The van der Waals surface area contributed by atoms with Crippen LogP contribution in [0.2, 0.25) is 0 Å². The summed E-state index contributed by atoms with van der Waals surface area (Å²) in [5.41, 5.74) is 6.55. The number of carbonyl (C=O) groups is 1. The average Bonchev–Trinajstić information content (AvgIpc) is 2.88. The first kappa shape index (κ1) is 23.9. The lowest BCUT2D eigenvalue weighted by Crippen LogP contribution is -2.48. The third-order valence-corrected chi connectivity index (χ3v) is 6.31. The van der Waals surface area contributed by atoms with Crippen molar-refractivity contribution in [3.05, 3.63) is 42.3 Å². The van der Waals surface area contributed by atoms with Gasteiger partial charge in [0.05, 0.1) is 17.5 Å². The van der Waals surface area contributed by atoms with Gasteiger partial charge in [-0.2, -0.15) is 0 Å². The van der Waals surface area contributed by atoms with Crippen LogP contribution in [0.3, 0.4) is 0 Å². The Morgan fingerprint density at radius 2 is 1.83 bits per heavy atom. The number of nitrogens with two attached hydrogens (primary N) is 1. The van der Waals surface area contributed by atoms with E-state index in [1.807, 2.05) is 4.90 Å². The first-order chi connectivity index (χ1) is 17.5. The molecular formula is C26H29FN4O5. The standard InChI is InChI=1S/C26H29FN4O5/c1-17(32)31-10-8-30(9-11-31)7-2-12-33-23-16-20-24(26-25(23)34-13-14-35-26)22(5-6-29-20)36-21-4-3-18(28)15-19(21)27/h3-6,15-16H,2,7-14,28H2,1H3. The van der Waals surface area contributed by atoms with Gasteiger partial charge < -0.3 is 29.6 Å². The van der Waals surface area contributed by atoms with Crippen LogP contribution in [0.1, 0.15) is 13.3 Å². The van der Waals surface area contributed by atoms with Gasteiger partial charge in [0.25, 0.3) is 0 Å². The lowest BCUT2D eigenvalue weighted by atomic mass is 10.1. The number of carbonyl (C=O) groups excluding carboxylic acids is 1. The summed E-state index contributed by atoms with van der Waals surface area (Å²) in [5, 5.41) is 0.583. The van der Waals surface area contributed by atoms with E-state index in [9.17, 15) is 9.18 Å². The first-order valence-electron chi connectivity index (χ1n) is 12.0. The summed E-state index contributed by atoms with van der Waals surface area (Å²) in [6, 6.07) is 7.72. The quantitative estimate of drug-likeness (QED) is 0.392. The highest BCUT2D eigenvalue weighted by Crippen LogP contribution is 2.48. The Balaban J connectivity index is 1.31. The number of pyridine rings is 1. The number of fused-ring (bicyclic) bond motifs is 3. The number of amides is 1. The summed E-state index contributed by atoms with van der Waals surface area (Å²) in [5.74, 6) is 1.50. The molecule has 0 radical (unpaired) electrons. The third-order valence-electron chi connectivity index (χ3n) is 6.31. The molecule has 10 heteroatoms. The highest BCUT2D eigenvalue weighted by Gasteiger charge is 2.25. The Morgan fingerprint density at radius 1 is 1.06 bits per heavy atom. The normalized spacial score (nSPS) is 15.7. The topological polar surface area (TPSA) is 99.4 Å². The SMILES string of the molecule is CC(=O)N1CCN(CCCOc2cc3nccc(Oc4ccc(N)cc4F)c3c3c2OCCO3)CC1. The molecule has 1 aromatic heterocycles. The fourth-order valence-electron chi connectivity index (χ4n) is 4.44. The van der Waals surface area contributed by atoms with Crippen molar-refractivity contribution in [1.82, 2.24) is 14.8 Å². The number of ether oxygens (including phenoxy) is 4. The molecule has 9 nitrogen and oxygen atoms in total. The van der Waals surface area contributed by atoms with Crippen molar-refractivity contribution in [1.29, 1.82) is 0 Å². The molecule has 0 aliphatic carbocycles. The molecule has 0 saturated carbocycles. The van der Waals surface area contributed by atoms with Gasteiger partial charge >= 0.3 is 0 Å². The van der Waals surface area contributed by atoms with Crippen molar-refractivity contribution in [2.24, 2.45) is 0 Å². The molecule has 2 aliphatic heterocycles. The summed E-state index contributed by atoms with van der Waals surface area (Å²) in [7, 11) is 0. The number of hydrogen-bond acceptors (Lipinski definition) is 8. The van der Waals surface area contributed by atoms with Crippen LogP contribution in [-0.2, 0) is 4.79 Å². The molecule has 36 heavy (non-hydrogen) atoms. The van der Waals surface area contributed by atoms with Crippen molar-refractivity contribution in [2.45, 2.75) is 13.3 Å². The second kappa shape index (κ2) is 10.4. The summed E-state index contributed by atoms with van der Waals surface area (Å²) < 4.78 is 38.3. The highest BCUT2D eigenvalue weighted by atomic mass is 19.1. The Morgan fingerprint density at radius 3 is 2.58 bits per heavy atom. The van der Waals surface area contributed by atoms with E-state index in [0.717, 1.165) is 39.1 Å². The number of aromatic nitrogens is 1. The molecule has 0 atom stereocenters. The zero-order valence-corrected chi connectivity index (χ0v) is 20.2. The molecule has 1 saturated heterocycles. The zero-order chi connectivity index (χ0) is 25.1. The minimum atomic E-state index is -0.561. The Labute approximate surface area is 208 Å². The van der Waals surface area contributed by atoms with Crippen LogP contribution in [0.25, 0.3) is 10.9 Å². The van der Waals surface area contributed by atoms with Gasteiger partial charge in [0.1, 0.15) is 19.0 Å². The largest absolute Gasteiger partial charge is 0.489 e. The fraction of sp³-hybridized carbons (Fsp3) is 0.385. The number of benzene rings is 2. The molecule has 3 aromatic rings. The van der Waals surface area contributed by atoms with E-state index in [4.69, 9.17) is 24.7 Å². The smallest absolute Gasteiger partial charge is 0.219 e. The molecule has 0 unspecified atom stereocenters. The fourth-order valence-corrected chi connectivity index (χ4v) is 4.44. The van der Waals surface area contributed by atoms with E-state index in [2.05, 4.69) is 9.88 Å². The average molecular weight is 497 g/mol. The molecule has 0 spiro atoms. The van der Waals surface area contributed by atoms with Gasteiger partial charge in [-0.3, -0.25) is 14.7 Å². The van der Waals surface area contributed by atoms with E-state index in [-0.39, 0.29) is 11.7 Å². The maximum absolute atomic E-state index is 14.4. The first-order valence-corrected chi connectivity index (χ1v) is 12.0. The van der Waals surface area contributed by atoms with E-state index in [1.54, 1.807) is 31.3 Å². The molecule has 1 fully saturated rings. The molecule has 190 valence electrons. The van der Waals surface area contributed by atoms with Gasteiger partial charge in [-0.1, -0.05) is 0 Å². The Kier molecular flexibility index (Phi) is 6.95. The number of rotatable bonds is 7. The van der Waals surface area contributed by atoms with Crippen molar-refractivity contribution in [3.8, 4) is 28.7 Å².